The number of ketones is 1. The van der Waals surface area contributed by atoms with E-state index >= 15 is 0 Å². The van der Waals surface area contributed by atoms with Crippen molar-refractivity contribution in [3.05, 3.63) is 83.9 Å². The molecule has 0 spiro atoms. The third kappa shape index (κ3) is 2.51. The summed E-state index contributed by atoms with van der Waals surface area (Å²) in [5.74, 6) is 0.909. The monoisotopic (exact) mass is 351 g/mol. The first-order valence-corrected chi connectivity index (χ1v) is 8.97. The summed E-state index contributed by atoms with van der Waals surface area (Å²) < 4.78 is 6.03. The Morgan fingerprint density at radius 1 is 0.963 bits per heavy atom. The molecule has 0 N–H and O–H groups in total. The Bertz CT molecular complexity index is 1200. The number of hydrogen-bond acceptors (Lipinski definition) is 3. The molecule has 3 aromatic carbocycles. The van der Waals surface area contributed by atoms with Crippen LogP contribution in [0.3, 0.4) is 0 Å². The lowest BCUT2D eigenvalue weighted by Gasteiger charge is -2.24. The van der Waals surface area contributed by atoms with Gasteiger partial charge in [0.1, 0.15) is 12.4 Å². The first-order valence-electron chi connectivity index (χ1n) is 8.97. The number of Topliss-reactive ketones (excluding diaryl/α,β-unsaturated/α-hetero) is 1. The molecule has 0 radical (unpaired) electrons. The highest BCUT2D eigenvalue weighted by Crippen LogP contribution is 2.43. The van der Waals surface area contributed by atoms with E-state index in [9.17, 15) is 4.79 Å². The molecule has 0 saturated carbocycles. The number of aromatic nitrogens is 1. The van der Waals surface area contributed by atoms with Gasteiger partial charge in [0.25, 0.3) is 0 Å². The number of benzene rings is 3. The average Bonchev–Trinajstić information content (AvgIpc) is 2.72. The van der Waals surface area contributed by atoms with Gasteiger partial charge in [0, 0.05) is 22.1 Å². The Morgan fingerprint density at radius 2 is 1.74 bits per heavy atom. The molecule has 2 heterocycles. The van der Waals surface area contributed by atoms with Crippen LogP contribution in [0.1, 0.15) is 22.8 Å². The van der Waals surface area contributed by atoms with E-state index < -0.39 is 0 Å². The summed E-state index contributed by atoms with van der Waals surface area (Å²) in [5, 5.41) is 0.982. The molecule has 0 aliphatic carbocycles. The summed E-state index contributed by atoms with van der Waals surface area (Å²) in [6, 6.07) is 24.0. The molecule has 0 unspecified atom stereocenters. The number of rotatable bonds is 2. The fourth-order valence-corrected chi connectivity index (χ4v) is 3.76. The van der Waals surface area contributed by atoms with Crippen LogP contribution in [-0.4, -0.2) is 10.8 Å². The Hall–Kier alpha value is -3.46. The number of nitrogens with zero attached hydrogens (tertiary/aromatic N) is 1. The third-order valence-corrected chi connectivity index (χ3v) is 5.07. The van der Waals surface area contributed by atoms with Crippen LogP contribution < -0.4 is 4.74 Å². The lowest BCUT2D eigenvalue weighted by molar-refractivity contribution is 0.101. The van der Waals surface area contributed by atoms with E-state index in [1.54, 1.807) is 6.92 Å². The van der Waals surface area contributed by atoms with Crippen LogP contribution in [0.2, 0.25) is 0 Å². The van der Waals surface area contributed by atoms with Gasteiger partial charge in [-0.3, -0.25) is 4.79 Å². The number of fused-ring (bicyclic) bond motifs is 4. The van der Waals surface area contributed by atoms with Gasteiger partial charge in [0.15, 0.2) is 5.78 Å². The SMILES string of the molecule is CC(=O)c1ccc2nc3c(c(-c4ccccc4)c2c1)COc1ccccc1-3. The molecule has 1 aliphatic rings. The molecule has 3 nitrogen and oxygen atoms in total. The minimum absolute atomic E-state index is 0.0511. The van der Waals surface area contributed by atoms with Crippen molar-refractivity contribution in [3.8, 4) is 28.1 Å². The Labute approximate surface area is 157 Å². The molecule has 130 valence electrons. The number of carbonyl (C=O) groups excluding carboxylic acids is 1. The summed E-state index contributed by atoms with van der Waals surface area (Å²) in [4.78, 5) is 16.9. The van der Waals surface area contributed by atoms with Crippen molar-refractivity contribution >= 4 is 16.7 Å². The minimum atomic E-state index is 0.0511. The van der Waals surface area contributed by atoms with Crippen LogP contribution in [0.15, 0.2) is 72.8 Å². The molecule has 4 aromatic rings. The fourth-order valence-electron chi connectivity index (χ4n) is 3.76. The largest absolute Gasteiger partial charge is 0.488 e. The average molecular weight is 351 g/mol. The minimum Gasteiger partial charge on any atom is -0.488 e. The second-order valence-electron chi connectivity index (χ2n) is 6.75. The molecule has 1 aliphatic heterocycles. The maximum atomic E-state index is 11.9. The molecular formula is C24H17NO2. The smallest absolute Gasteiger partial charge is 0.159 e. The van der Waals surface area contributed by atoms with E-state index in [2.05, 4.69) is 12.1 Å². The van der Waals surface area contributed by atoms with E-state index in [4.69, 9.17) is 9.72 Å². The molecular weight excluding hydrogens is 334 g/mol. The zero-order valence-corrected chi connectivity index (χ0v) is 14.9. The van der Waals surface area contributed by atoms with Crippen LogP contribution in [0, 0.1) is 0 Å². The first kappa shape index (κ1) is 15.8. The molecule has 0 bridgehead atoms. The number of carbonyl (C=O) groups is 1. The van der Waals surface area contributed by atoms with Gasteiger partial charge < -0.3 is 4.74 Å². The van der Waals surface area contributed by atoms with Gasteiger partial charge in [-0.25, -0.2) is 4.98 Å². The van der Waals surface area contributed by atoms with Crippen molar-refractivity contribution in [2.24, 2.45) is 0 Å². The van der Waals surface area contributed by atoms with Gasteiger partial charge in [-0.15, -0.1) is 0 Å². The summed E-state index contributed by atoms with van der Waals surface area (Å²) in [6.45, 7) is 2.05. The maximum Gasteiger partial charge on any atom is 0.159 e. The van der Waals surface area contributed by atoms with E-state index in [-0.39, 0.29) is 5.78 Å². The Morgan fingerprint density at radius 3 is 2.56 bits per heavy atom. The van der Waals surface area contributed by atoms with Gasteiger partial charge in [0.2, 0.25) is 0 Å². The van der Waals surface area contributed by atoms with Gasteiger partial charge in [-0.2, -0.15) is 0 Å². The van der Waals surface area contributed by atoms with Crippen molar-refractivity contribution in [3.63, 3.8) is 0 Å². The molecule has 3 heteroatoms. The summed E-state index contributed by atoms with van der Waals surface area (Å²) in [6.07, 6.45) is 0. The standard InChI is InChI=1S/C24H17NO2/c1-15(26)17-11-12-21-19(13-17)23(16-7-3-2-4-8-16)20-14-27-22-10-6-5-9-18(22)24(20)25-21/h2-13H,14H2,1H3. The van der Waals surface area contributed by atoms with Crippen molar-refractivity contribution < 1.29 is 9.53 Å². The van der Waals surface area contributed by atoms with Gasteiger partial charge in [0.05, 0.1) is 11.2 Å². The van der Waals surface area contributed by atoms with Gasteiger partial charge in [-0.05, 0) is 48.4 Å². The maximum absolute atomic E-state index is 11.9. The predicted octanol–water partition coefficient (Wildman–Crippen LogP) is 5.66. The van der Waals surface area contributed by atoms with Gasteiger partial charge >= 0.3 is 0 Å². The molecule has 0 fully saturated rings. The Balaban J connectivity index is 1.91. The molecule has 27 heavy (non-hydrogen) atoms. The topological polar surface area (TPSA) is 39.2 Å². The van der Waals surface area contributed by atoms with E-state index in [1.165, 1.54) is 0 Å². The highest BCUT2D eigenvalue weighted by Gasteiger charge is 2.24. The van der Waals surface area contributed by atoms with Gasteiger partial charge in [-0.1, -0.05) is 42.5 Å². The normalized spacial score (nSPS) is 12.2. The number of ether oxygens (including phenoxy) is 1. The van der Waals surface area contributed by atoms with Crippen molar-refractivity contribution in [2.45, 2.75) is 13.5 Å². The third-order valence-electron chi connectivity index (χ3n) is 5.07. The van der Waals surface area contributed by atoms with Crippen LogP contribution in [0.5, 0.6) is 5.75 Å². The number of hydrogen-bond donors (Lipinski definition) is 0. The van der Waals surface area contributed by atoms with Crippen LogP contribution in [0.25, 0.3) is 33.3 Å². The van der Waals surface area contributed by atoms with Crippen molar-refractivity contribution in [2.75, 3.05) is 0 Å². The van der Waals surface area contributed by atoms with Crippen LogP contribution in [-0.2, 0) is 6.61 Å². The highest BCUT2D eigenvalue weighted by molar-refractivity contribution is 6.04. The lowest BCUT2D eigenvalue weighted by Crippen LogP contribution is -2.09. The van der Waals surface area contributed by atoms with Crippen LogP contribution >= 0.6 is 0 Å². The zero-order chi connectivity index (χ0) is 18.4. The molecule has 0 amide bonds. The number of para-hydroxylation sites is 1. The summed E-state index contributed by atoms with van der Waals surface area (Å²) in [5.41, 5.74) is 6.80. The van der Waals surface area contributed by atoms with Crippen LogP contribution in [0.4, 0.5) is 0 Å². The molecule has 5 rings (SSSR count). The quantitative estimate of drug-likeness (QED) is 0.437. The van der Waals surface area contributed by atoms with E-state index in [0.29, 0.717) is 12.2 Å². The van der Waals surface area contributed by atoms with Crippen molar-refractivity contribution in [1.29, 1.82) is 0 Å². The molecule has 0 atom stereocenters. The fraction of sp³-hybridized carbons (Fsp3) is 0.0833. The zero-order valence-electron chi connectivity index (χ0n) is 14.9. The molecule has 1 aromatic heterocycles. The highest BCUT2D eigenvalue weighted by atomic mass is 16.5. The molecule has 0 saturated heterocycles. The predicted molar refractivity (Wildman–Crippen MR) is 107 cm³/mol. The van der Waals surface area contributed by atoms with E-state index in [0.717, 1.165) is 44.6 Å². The second-order valence-corrected chi connectivity index (χ2v) is 6.75. The summed E-state index contributed by atoms with van der Waals surface area (Å²) in [7, 11) is 0. The van der Waals surface area contributed by atoms with Crippen molar-refractivity contribution in [1.82, 2.24) is 4.98 Å². The Kier molecular flexibility index (Phi) is 3.54. The number of pyridine rings is 1. The summed E-state index contributed by atoms with van der Waals surface area (Å²) >= 11 is 0. The second kappa shape index (κ2) is 6.06. The lowest BCUT2D eigenvalue weighted by atomic mass is 9.90. The first-order chi connectivity index (χ1) is 13.2. The van der Waals surface area contributed by atoms with E-state index in [1.807, 2.05) is 60.7 Å².